The van der Waals surface area contributed by atoms with Crippen molar-refractivity contribution in [1.82, 2.24) is 4.98 Å². The number of para-hydroxylation sites is 3. The number of benzene rings is 3. The molecule has 1 amide bonds. The van der Waals surface area contributed by atoms with Crippen molar-refractivity contribution >= 4 is 34.3 Å². The number of aryl methyl sites for hydroxylation is 1. The molecule has 0 spiro atoms. The van der Waals surface area contributed by atoms with Crippen molar-refractivity contribution in [3.05, 3.63) is 100 Å². The number of fused-ring (bicyclic) bond motifs is 1. The van der Waals surface area contributed by atoms with Crippen molar-refractivity contribution in [3.63, 3.8) is 0 Å². The molecule has 33 heavy (non-hydrogen) atoms. The predicted molar refractivity (Wildman–Crippen MR) is 135 cm³/mol. The van der Waals surface area contributed by atoms with Gasteiger partial charge in [-0.1, -0.05) is 49.4 Å². The minimum Gasteiger partial charge on any atom is -0.481 e. The summed E-state index contributed by atoms with van der Waals surface area (Å²) in [6.07, 6.45) is -0.0430. The highest BCUT2D eigenvalue weighted by molar-refractivity contribution is 7.98. The third kappa shape index (κ3) is 5.46. The van der Waals surface area contributed by atoms with Crippen molar-refractivity contribution in [3.8, 4) is 5.75 Å². The summed E-state index contributed by atoms with van der Waals surface area (Å²) in [5.74, 6) is 1.05. The van der Waals surface area contributed by atoms with Crippen LogP contribution >= 0.6 is 11.8 Å². The zero-order valence-electron chi connectivity index (χ0n) is 18.6. The molecular weight excluding hydrogens is 432 g/mol. The van der Waals surface area contributed by atoms with Gasteiger partial charge in [-0.05, 0) is 49.2 Å². The zero-order chi connectivity index (χ0) is 23.2. The van der Waals surface area contributed by atoms with Crippen LogP contribution in [0.3, 0.4) is 0 Å². The number of rotatable bonds is 8. The van der Waals surface area contributed by atoms with Crippen molar-refractivity contribution < 1.29 is 9.53 Å². The van der Waals surface area contributed by atoms with Crippen LogP contribution in [0.2, 0.25) is 0 Å². The summed E-state index contributed by atoms with van der Waals surface area (Å²) in [5, 5.41) is 3.71. The van der Waals surface area contributed by atoms with E-state index in [9.17, 15) is 9.59 Å². The van der Waals surface area contributed by atoms with Gasteiger partial charge in [-0.15, -0.1) is 11.8 Å². The second-order valence-corrected chi connectivity index (χ2v) is 8.78. The van der Waals surface area contributed by atoms with Crippen molar-refractivity contribution in [2.75, 3.05) is 5.32 Å². The molecule has 0 bridgehead atoms. The molecule has 1 heterocycles. The van der Waals surface area contributed by atoms with Gasteiger partial charge < -0.3 is 15.0 Å². The minimum absolute atomic E-state index is 0.00786. The number of anilines is 1. The topological polar surface area (TPSA) is 71.2 Å². The first-order chi connectivity index (χ1) is 16.0. The number of aromatic nitrogens is 1. The normalized spacial score (nSPS) is 11.8. The van der Waals surface area contributed by atoms with Crippen LogP contribution in [0.25, 0.3) is 10.9 Å². The maximum atomic E-state index is 12.9. The molecule has 4 rings (SSSR count). The zero-order valence-corrected chi connectivity index (χ0v) is 19.4. The summed E-state index contributed by atoms with van der Waals surface area (Å²) in [6.45, 7) is 3.91. The first-order valence-electron chi connectivity index (χ1n) is 10.9. The number of aromatic amines is 1. The van der Waals surface area contributed by atoms with Gasteiger partial charge in [0.25, 0.3) is 5.91 Å². The van der Waals surface area contributed by atoms with Gasteiger partial charge in [-0.2, -0.15) is 0 Å². The number of carbonyl (C=O) groups is 1. The Balaban J connectivity index is 1.49. The van der Waals surface area contributed by atoms with E-state index in [1.165, 1.54) is 0 Å². The molecular formula is C27H26N2O3S. The first-order valence-corrected chi connectivity index (χ1v) is 11.9. The van der Waals surface area contributed by atoms with Crippen molar-refractivity contribution in [1.29, 1.82) is 0 Å². The number of carbonyl (C=O) groups excluding carboxylic acids is 1. The van der Waals surface area contributed by atoms with E-state index in [4.69, 9.17) is 4.74 Å². The molecule has 1 unspecified atom stereocenters. The van der Waals surface area contributed by atoms with Gasteiger partial charge in [0.05, 0.1) is 11.2 Å². The van der Waals surface area contributed by atoms with Crippen LogP contribution < -0.4 is 15.5 Å². The molecule has 5 nitrogen and oxygen atoms in total. The molecule has 3 aromatic carbocycles. The molecule has 6 heteroatoms. The summed E-state index contributed by atoms with van der Waals surface area (Å²) < 4.78 is 5.87. The summed E-state index contributed by atoms with van der Waals surface area (Å²) in [6, 6.07) is 24.4. The van der Waals surface area contributed by atoms with Gasteiger partial charge in [0.15, 0.2) is 11.5 Å². The van der Waals surface area contributed by atoms with E-state index >= 15 is 0 Å². The molecule has 0 aliphatic rings. The molecule has 0 aliphatic carbocycles. The number of ether oxygens (including phenoxy) is 1. The summed E-state index contributed by atoms with van der Waals surface area (Å²) in [4.78, 5) is 29.8. The van der Waals surface area contributed by atoms with Crippen molar-refractivity contribution in [2.45, 2.75) is 37.0 Å². The second kappa shape index (κ2) is 10.4. The number of nitrogens with one attached hydrogen (secondary N) is 2. The lowest BCUT2D eigenvalue weighted by Gasteiger charge is -2.18. The molecule has 1 atom stereocenters. The third-order valence-corrected chi connectivity index (χ3v) is 6.46. The van der Waals surface area contributed by atoms with E-state index in [2.05, 4.69) is 10.3 Å². The van der Waals surface area contributed by atoms with Crippen LogP contribution in [0.1, 0.15) is 24.6 Å². The van der Waals surface area contributed by atoms with Crippen LogP contribution in [0.5, 0.6) is 5.75 Å². The van der Waals surface area contributed by atoms with Crippen molar-refractivity contribution in [2.24, 2.45) is 0 Å². The van der Waals surface area contributed by atoms with E-state index in [0.29, 0.717) is 23.3 Å². The number of pyridine rings is 1. The number of amides is 1. The molecule has 0 radical (unpaired) electrons. The van der Waals surface area contributed by atoms with Crippen LogP contribution in [0, 0.1) is 6.92 Å². The van der Waals surface area contributed by atoms with E-state index in [-0.39, 0.29) is 11.3 Å². The van der Waals surface area contributed by atoms with E-state index in [1.54, 1.807) is 17.8 Å². The highest BCUT2D eigenvalue weighted by Crippen LogP contribution is 2.30. The maximum absolute atomic E-state index is 12.9. The highest BCUT2D eigenvalue weighted by Gasteiger charge is 2.19. The molecule has 0 saturated carbocycles. The first kappa shape index (κ1) is 22.7. The molecule has 0 aliphatic heterocycles. The molecule has 0 fully saturated rings. The lowest BCUT2D eigenvalue weighted by atomic mass is 10.1. The monoisotopic (exact) mass is 458 g/mol. The Bertz CT molecular complexity index is 1320. The average Bonchev–Trinajstić information content (AvgIpc) is 2.83. The number of thioether (sulfide) groups is 1. The second-order valence-electron chi connectivity index (χ2n) is 7.76. The van der Waals surface area contributed by atoms with Gasteiger partial charge >= 0.3 is 0 Å². The van der Waals surface area contributed by atoms with Crippen LogP contribution in [0.15, 0.2) is 88.6 Å². The van der Waals surface area contributed by atoms with Gasteiger partial charge in [-0.3, -0.25) is 9.59 Å². The van der Waals surface area contributed by atoms with Gasteiger partial charge in [-0.25, -0.2) is 0 Å². The number of hydrogen-bond donors (Lipinski definition) is 2. The highest BCUT2D eigenvalue weighted by atomic mass is 32.2. The SMILES string of the molecule is CCC(Oc1ccccc1)C(=O)Nc1ccccc1SCc1cc(=O)c2cccc(C)c2[nH]1. The maximum Gasteiger partial charge on any atom is 0.265 e. The Morgan fingerprint density at radius 3 is 2.58 bits per heavy atom. The fraction of sp³-hybridized carbons (Fsp3) is 0.185. The van der Waals surface area contributed by atoms with Crippen LogP contribution in [-0.4, -0.2) is 17.0 Å². The Labute approximate surface area is 197 Å². The van der Waals surface area contributed by atoms with Gasteiger partial charge in [0.2, 0.25) is 0 Å². The smallest absolute Gasteiger partial charge is 0.265 e. The van der Waals surface area contributed by atoms with E-state index in [0.717, 1.165) is 27.4 Å². The Hall–Kier alpha value is -3.51. The fourth-order valence-corrected chi connectivity index (χ4v) is 4.52. The molecule has 1 aromatic heterocycles. The van der Waals surface area contributed by atoms with E-state index in [1.807, 2.05) is 86.6 Å². The lowest BCUT2D eigenvalue weighted by Crippen LogP contribution is -2.32. The van der Waals surface area contributed by atoms with Crippen LogP contribution in [-0.2, 0) is 10.5 Å². The van der Waals surface area contributed by atoms with Gasteiger partial charge in [0, 0.05) is 27.8 Å². The number of hydrogen-bond acceptors (Lipinski definition) is 4. The standard InChI is InChI=1S/C27H26N2O3S/c1-3-24(32-20-11-5-4-6-12-20)27(31)29-22-14-7-8-15-25(22)33-17-19-16-23(30)21-13-9-10-18(2)26(21)28-19/h4-16,24H,3,17H2,1-2H3,(H,28,30)(H,29,31). The molecule has 2 N–H and O–H groups in total. The predicted octanol–water partition coefficient (Wildman–Crippen LogP) is 5.92. The third-order valence-electron chi connectivity index (χ3n) is 5.34. The summed E-state index contributed by atoms with van der Waals surface area (Å²) in [5.41, 5.74) is 3.47. The average molecular weight is 459 g/mol. The summed E-state index contributed by atoms with van der Waals surface area (Å²) in [7, 11) is 0. The van der Waals surface area contributed by atoms with Crippen LogP contribution in [0.4, 0.5) is 5.69 Å². The lowest BCUT2D eigenvalue weighted by molar-refractivity contribution is -0.122. The molecule has 168 valence electrons. The van der Waals surface area contributed by atoms with Gasteiger partial charge in [0.1, 0.15) is 5.75 Å². The Morgan fingerprint density at radius 2 is 1.79 bits per heavy atom. The minimum atomic E-state index is -0.592. The molecule has 0 saturated heterocycles. The Morgan fingerprint density at radius 1 is 1.03 bits per heavy atom. The number of H-pyrrole nitrogens is 1. The molecule has 4 aromatic rings. The Kier molecular flexibility index (Phi) is 7.15. The summed E-state index contributed by atoms with van der Waals surface area (Å²) >= 11 is 1.56. The fourth-order valence-electron chi connectivity index (χ4n) is 3.60. The largest absolute Gasteiger partial charge is 0.481 e. The quantitative estimate of drug-likeness (QED) is 0.321. The van der Waals surface area contributed by atoms with E-state index < -0.39 is 6.10 Å².